The van der Waals surface area contributed by atoms with Crippen molar-refractivity contribution in [2.45, 2.75) is 40.7 Å². The van der Waals surface area contributed by atoms with Gasteiger partial charge in [-0.2, -0.15) is 10.2 Å². The number of nitrogens with one attached hydrogen (secondary N) is 1. The third kappa shape index (κ3) is 7.73. The highest BCUT2D eigenvalue weighted by Crippen LogP contribution is 2.40. The largest absolute Gasteiger partial charge is 0.494 e. The molecule has 0 heterocycles. The molecule has 0 aromatic heterocycles. The molecule has 0 saturated heterocycles. The van der Waals surface area contributed by atoms with Crippen molar-refractivity contribution < 1.29 is 28.5 Å². The number of ether oxygens (including phenoxy) is 4. The summed E-state index contributed by atoms with van der Waals surface area (Å²) in [5, 5.41) is 11.3. The lowest BCUT2D eigenvalue weighted by atomic mass is 10.2. The number of carbonyl (C=O) groups is 2. The van der Waals surface area contributed by atoms with Gasteiger partial charge in [0.1, 0.15) is 28.0 Å². The molecule has 0 aliphatic heterocycles. The Hall–Kier alpha value is -3.04. The SMILES string of the molecule is CCOc1cc(Cl)c(OCC)c(N=NC(C(C)=O)C(=O)Nc2cc(OCC)c(Cl)c(OCC)c2)c1. The molecule has 1 atom stereocenters. The van der Waals surface area contributed by atoms with Crippen molar-refractivity contribution in [2.75, 3.05) is 31.7 Å². The molecule has 0 aliphatic rings. The van der Waals surface area contributed by atoms with Gasteiger partial charge in [-0.05, 0) is 34.6 Å². The van der Waals surface area contributed by atoms with E-state index < -0.39 is 17.7 Å². The molecule has 0 fully saturated rings. The molecular weight excluding hydrogens is 497 g/mol. The van der Waals surface area contributed by atoms with Crippen LogP contribution in [0.15, 0.2) is 34.5 Å². The van der Waals surface area contributed by atoms with Crippen molar-refractivity contribution >= 4 is 46.3 Å². The zero-order valence-corrected chi connectivity index (χ0v) is 21.8. The Morgan fingerprint density at radius 1 is 0.886 bits per heavy atom. The Labute approximate surface area is 214 Å². The van der Waals surface area contributed by atoms with Crippen LogP contribution in [0.3, 0.4) is 0 Å². The van der Waals surface area contributed by atoms with Gasteiger partial charge in [0.05, 0.1) is 31.5 Å². The monoisotopic (exact) mass is 525 g/mol. The summed E-state index contributed by atoms with van der Waals surface area (Å²) in [6.07, 6.45) is 0. The predicted molar refractivity (Wildman–Crippen MR) is 135 cm³/mol. The van der Waals surface area contributed by atoms with Crippen LogP contribution in [0, 0.1) is 0 Å². The normalized spacial score (nSPS) is 11.7. The number of hydrogen-bond donors (Lipinski definition) is 1. The maximum atomic E-state index is 13.0. The van der Waals surface area contributed by atoms with Gasteiger partial charge in [0, 0.05) is 30.0 Å². The number of rotatable bonds is 13. The number of azo groups is 1. The standard InChI is InChI=1S/C24H29Cl2N3O6/c1-6-32-16-12-17(25)23(35-9-4)18(13-16)28-29-22(14(5)30)24(31)27-15-10-19(33-7-2)21(26)20(11-15)34-8-3/h10-13,22H,6-9H2,1-5H3,(H,27,31). The number of nitrogens with zero attached hydrogens (tertiary/aromatic N) is 2. The van der Waals surface area contributed by atoms with Gasteiger partial charge >= 0.3 is 0 Å². The lowest BCUT2D eigenvalue weighted by molar-refractivity contribution is -0.126. The highest BCUT2D eigenvalue weighted by Gasteiger charge is 2.25. The molecule has 2 aromatic carbocycles. The molecule has 35 heavy (non-hydrogen) atoms. The molecule has 11 heteroatoms. The van der Waals surface area contributed by atoms with Crippen LogP contribution in [-0.2, 0) is 9.59 Å². The Kier molecular flexibility index (Phi) is 11.1. The second-order valence-corrected chi connectivity index (χ2v) is 7.77. The molecule has 2 aromatic rings. The van der Waals surface area contributed by atoms with Crippen molar-refractivity contribution in [1.29, 1.82) is 0 Å². The van der Waals surface area contributed by atoms with Gasteiger partial charge in [0.15, 0.2) is 11.5 Å². The minimum atomic E-state index is -1.43. The number of anilines is 1. The van der Waals surface area contributed by atoms with E-state index in [1.54, 1.807) is 45.0 Å². The van der Waals surface area contributed by atoms with Gasteiger partial charge in [0.25, 0.3) is 5.91 Å². The number of halogens is 2. The third-order valence-corrected chi connectivity index (χ3v) is 5.04. The first-order valence-electron chi connectivity index (χ1n) is 11.2. The van der Waals surface area contributed by atoms with Crippen molar-refractivity contribution in [3.63, 3.8) is 0 Å². The van der Waals surface area contributed by atoms with E-state index in [0.717, 1.165) is 0 Å². The van der Waals surface area contributed by atoms with E-state index in [1.807, 2.05) is 6.92 Å². The summed E-state index contributed by atoms with van der Waals surface area (Å²) >= 11 is 12.6. The minimum Gasteiger partial charge on any atom is -0.494 e. The van der Waals surface area contributed by atoms with E-state index in [9.17, 15) is 9.59 Å². The predicted octanol–water partition coefficient (Wildman–Crippen LogP) is 6.27. The topological polar surface area (TPSA) is 108 Å². The first kappa shape index (κ1) is 28.2. The van der Waals surface area contributed by atoms with Crippen LogP contribution >= 0.6 is 23.2 Å². The highest BCUT2D eigenvalue weighted by atomic mass is 35.5. The number of hydrogen-bond acceptors (Lipinski definition) is 8. The van der Waals surface area contributed by atoms with Gasteiger partial charge in [-0.1, -0.05) is 23.2 Å². The molecule has 190 valence electrons. The lowest BCUT2D eigenvalue weighted by Gasteiger charge is -2.15. The van der Waals surface area contributed by atoms with Crippen LogP contribution < -0.4 is 24.3 Å². The fourth-order valence-electron chi connectivity index (χ4n) is 2.98. The van der Waals surface area contributed by atoms with Crippen LogP contribution in [0.2, 0.25) is 10.0 Å². The number of ketones is 1. The van der Waals surface area contributed by atoms with E-state index in [4.69, 9.17) is 42.1 Å². The van der Waals surface area contributed by atoms with E-state index in [2.05, 4.69) is 15.5 Å². The number of benzene rings is 2. The summed E-state index contributed by atoms with van der Waals surface area (Å²) in [6.45, 7) is 9.92. The first-order chi connectivity index (χ1) is 16.7. The van der Waals surface area contributed by atoms with Crippen molar-refractivity contribution in [1.82, 2.24) is 0 Å². The fourth-order valence-corrected chi connectivity index (χ4v) is 3.46. The molecule has 0 radical (unpaired) electrons. The average Bonchev–Trinajstić information content (AvgIpc) is 2.79. The Morgan fingerprint density at radius 2 is 1.46 bits per heavy atom. The maximum absolute atomic E-state index is 13.0. The van der Waals surface area contributed by atoms with Gasteiger partial charge < -0.3 is 24.3 Å². The quantitative estimate of drug-likeness (QED) is 0.244. The number of Topliss-reactive ketones (excluding diaryl/α,β-unsaturated/α-hetero) is 1. The van der Waals surface area contributed by atoms with Gasteiger partial charge in [0.2, 0.25) is 6.04 Å². The third-order valence-electron chi connectivity index (χ3n) is 4.38. The number of carbonyl (C=O) groups excluding carboxylic acids is 2. The summed E-state index contributed by atoms with van der Waals surface area (Å²) in [5.41, 5.74) is 0.551. The van der Waals surface area contributed by atoms with Crippen LogP contribution in [0.1, 0.15) is 34.6 Å². The van der Waals surface area contributed by atoms with E-state index in [0.29, 0.717) is 49.4 Å². The molecule has 0 aliphatic carbocycles. The smallest absolute Gasteiger partial charge is 0.258 e. The lowest BCUT2D eigenvalue weighted by Crippen LogP contribution is -2.31. The zero-order chi connectivity index (χ0) is 26.0. The average molecular weight is 526 g/mol. The second kappa shape index (κ2) is 13.7. The van der Waals surface area contributed by atoms with Gasteiger partial charge in [-0.15, -0.1) is 0 Å². The summed E-state index contributed by atoms with van der Waals surface area (Å²) in [6, 6.07) is 4.82. The Morgan fingerprint density at radius 3 is 1.97 bits per heavy atom. The van der Waals surface area contributed by atoms with Crippen molar-refractivity contribution in [3.8, 4) is 23.0 Å². The summed E-state index contributed by atoms with van der Waals surface area (Å²) in [7, 11) is 0. The molecule has 0 saturated carbocycles. The van der Waals surface area contributed by atoms with Crippen molar-refractivity contribution in [2.24, 2.45) is 10.2 Å². The summed E-state index contributed by atoms with van der Waals surface area (Å²) in [5.74, 6) is 0.176. The molecule has 1 N–H and O–H groups in total. The van der Waals surface area contributed by atoms with Crippen LogP contribution in [0.4, 0.5) is 11.4 Å². The zero-order valence-electron chi connectivity index (χ0n) is 20.3. The molecule has 1 amide bonds. The summed E-state index contributed by atoms with van der Waals surface area (Å²) in [4.78, 5) is 25.2. The van der Waals surface area contributed by atoms with E-state index >= 15 is 0 Å². The molecule has 1 unspecified atom stereocenters. The molecular formula is C24H29Cl2N3O6. The molecule has 0 spiro atoms. The second-order valence-electron chi connectivity index (χ2n) is 6.99. The molecule has 2 rings (SSSR count). The van der Waals surface area contributed by atoms with Gasteiger partial charge in [-0.25, -0.2) is 0 Å². The molecule has 0 bridgehead atoms. The van der Waals surface area contributed by atoms with E-state index in [-0.39, 0.29) is 21.5 Å². The van der Waals surface area contributed by atoms with Crippen LogP contribution in [0.5, 0.6) is 23.0 Å². The van der Waals surface area contributed by atoms with Gasteiger partial charge in [-0.3, -0.25) is 9.59 Å². The Balaban J connectivity index is 2.37. The molecule has 9 nitrogen and oxygen atoms in total. The summed E-state index contributed by atoms with van der Waals surface area (Å²) < 4.78 is 22.1. The highest BCUT2D eigenvalue weighted by molar-refractivity contribution is 6.33. The van der Waals surface area contributed by atoms with Crippen LogP contribution in [0.25, 0.3) is 0 Å². The fraction of sp³-hybridized carbons (Fsp3) is 0.417. The maximum Gasteiger partial charge on any atom is 0.258 e. The van der Waals surface area contributed by atoms with E-state index in [1.165, 1.54) is 6.92 Å². The van der Waals surface area contributed by atoms with Crippen LogP contribution in [-0.4, -0.2) is 44.2 Å². The number of amides is 1. The first-order valence-corrected chi connectivity index (χ1v) is 11.9. The Bertz CT molecular complexity index is 1050. The minimum absolute atomic E-state index is 0.227. The van der Waals surface area contributed by atoms with Crippen molar-refractivity contribution in [3.05, 3.63) is 34.3 Å².